The zero-order valence-corrected chi connectivity index (χ0v) is 10.8. The van der Waals surface area contributed by atoms with Crippen molar-refractivity contribution in [3.05, 3.63) is 53.8 Å². The standard InChI is InChI=1S/C15H12FN3O/c1-9-5-6-10(8-13(9)17)14-18-15(20-19-14)11-3-2-4-12(16)7-11/h2-8H,17H2,1H3. The predicted molar refractivity (Wildman–Crippen MR) is 74.3 cm³/mol. The lowest BCUT2D eigenvalue weighted by Crippen LogP contribution is -1.90. The van der Waals surface area contributed by atoms with E-state index in [-0.39, 0.29) is 11.7 Å². The summed E-state index contributed by atoms with van der Waals surface area (Å²) in [7, 11) is 0. The number of rotatable bonds is 2. The van der Waals surface area contributed by atoms with Gasteiger partial charge < -0.3 is 10.3 Å². The largest absolute Gasteiger partial charge is 0.398 e. The van der Waals surface area contributed by atoms with Gasteiger partial charge in [0, 0.05) is 16.8 Å². The number of nitrogen functional groups attached to an aromatic ring is 1. The molecular weight excluding hydrogens is 257 g/mol. The summed E-state index contributed by atoms with van der Waals surface area (Å²) < 4.78 is 18.3. The van der Waals surface area contributed by atoms with Gasteiger partial charge in [0.05, 0.1) is 0 Å². The molecule has 0 aliphatic rings. The van der Waals surface area contributed by atoms with E-state index in [1.54, 1.807) is 18.2 Å². The van der Waals surface area contributed by atoms with Crippen LogP contribution >= 0.6 is 0 Å². The van der Waals surface area contributed by atoms with E-state index in [9.17, 15) is 4.39 Å². The number of nitrogens with two attached hydrogens (primary N) is 1. The van der Waals surface area contributed by atoms with Crippen LogP contribution in [0.1, 0.15) is 5.56 Å². The fourth-order valence-corrected chi connectivity index (χ4v) is 1.86. The molecule has 2 N–H and O–H groups in total. The summed E-state index contributed by atoms with van der Waals surface area (Å²) in [6, 6.07) is 11.6. The Morgan fingerprint density at radius 2 is 1.95 bits per heavy atom. The molecule has 0 spiro atoms. The van der Waals surface area contributed by atoms with Crippen LogP contribution in [-0.4, -0.2) is 10.1 Å². The zero-order valence-electron chi connectivity index (χ0n) is 10.8. The number of aryl methyl sites for hydroxylation is 1. The molecule has 20 heavy (non-hydrogen) atoms. The molecule has 0 unspecified atom stereocenters. The fourth-order valence-electron chi connectivity index (χ4n) is 1.86. The number of anilines is 1. The fraction of sp³-hybridized carbons (Fsp3) is 0.0667. The first kappa shape index (κ1) is 12.3. The Balaban J connectivity index is 1.99. The topological polar surface area (TPSA) is 64.9 Å². The van der Waals surface area contributed by atoms with Crippen LogP contribution in [0.3, 0.4) is 0 Å². The summed E-state index contributed by atoms with van der Waals surface area (Å²) in [5.41, 5.74) is 8.82. The van der Waals surface area contributed by atoms with E-state index in [1.807, 2.05) is 19.1 Å². The first-order chi connectivity index (χ1) is 9.63. The van der Waals surface area contributed by atoms with Crippen molar-refractivity contribution in [2.24, 2.45) is 0 Å². The molecule has 1 aromatic heterocycles. The van der Waals surface area contributed by atoms with Gasteiger partial charge in [-0.25, -0.2) is 4.39 Å². The summed E-state index contributed by atoms with van der Waals surface area (Å²) in [4.78, 5) is 4.26. The minimum Gasteiger partial charge on any atom is -0.398 e. The van der Waals surface area contributed by atoms with Gasteiger partial charge in [-0.2, -0.15) is 4.98 Å². The summed E-state index contributed by atoms with van der Waals surface area (Å²) in [5.74, 6) is 0.358. The van der Waals surface area contributed by atoms with Crippen molar-refractivity contribution in [1.82, 2.24) is 10.1 Å². The molecule has 0 bridgehead atoms. The smallest absolute Gasteiger partial charge is 0.258 e. The molecule has 100 valence electrons. The number of nitrogens with zero attached hydrogens (tertiary/aromatic N) is 2. The molecule has 0 fully saturated rings. The van der Waals surface area contributed by atoms with Gasteiger partial charge in [0.25, 0.3) is 5.89 Å². The molecule has 0 aliphatic heterocycles. The Morgan fingerprint density at radius 3 is 2.70 bits per heavy atom. The Hall–Kier alpha value is -2.69. The number of halogens is 1. The van der Waals surface area contributed by atoms with E-state index < -0.39 is 0 Å². The van der Waals surface area contributed by atoms with Crippen LogP contribution < -0.4 is 5.73 Å². The molecule has 3 rings (SSSR count). The Labute approximate surface area is 115 Å². The van der Waals surface area contributed by atoms with Crippen molar-refractivity contribution >= 4 is 5.69 Å². The number of hydrogen-bond donors (Lipinski definition) is 1. The lowest BCUT2D eigenvalue weighted by Gasteiger charge is -2.00. The SMILES string of the molecule is Cc1ccc(-c2noc(-c3cccc(F)c3)n2)cc1N. The van der Waals surface area contributed by atoms with Crippen molar-refractivity contribution in [2.45, 2.75) is 6.92 Å². The molecule has 0 aliphatic carbocycles. The summed E-state index contributed by atoms with van der Waals surface area (Å²) >= 11 is 0. The number of aromatic nitrogens is 2. The van der Waals surface area contributed by atoms with Gasteiger partial charge in [0.1, 0.15) is 5.82 Å². The van der Waals surface area contributed by atoms with Crippen molar-refractivity contribution in [1.29, 1.82) is 0 Å². The van der Waals surface area contributed by atoms with Crippen LogP contribution in [0.5, 0.6) is 0 Å². The number of benzene rings is 2. The second-order valence-electron chi connectivity index (χ2n) is 4.50. The quantitative estimate of drug-likeness (QED) is 0.724. The van der Waals surface area contributed by atoms with E-state index in [0.717, 1.165) is 11.1 Å². The minimum atomic E-state index is -0.346. The average molecular weight is 269 g/mol. The van der Waals surface area contributed by atoms with E-state index >= 15 is 0 Å². The second-order valence-corrected chi connectivity index (χ2v) is 4.50. The first-order valence-electron chi connectivity index (χ1n) is 6.09. The van der Waals surface area contributed by atoms with Crippen molar-refractivity contribution in [3.8, 4) is 22.8 Å². The van der Waals surface area contributed by atoms with Gasteiger partial charge in [0.15, 0.2) is 0 Å². The lowest BCUT2D eigenvalue weighted by atomic mass is 10.1. The van der Waals surface area contributed by atoms with E-state index in [4.69, 9.17) is 10.3 Å². The Morgan fingerprint density at radius 1 is 1.10 bits per heavy atom. The highest BCUT2D eigenvalue weighted by molar-refractivity contribution is 5.65. The van der Waals surface area contributed by atoms with E-state index in [1.165, 1.54) is 12.1 Å². The third kappa shape index (κ3) is 2.25. The Kier molecular flexibility index (Phi) is 2.95. The molecule has 0 saturated carbocycles. The highest BCUT2D eigenvalue weighted by Gasteiger charge is 2.11. The molecule has 0 amide bonds. The average Bonchev–Trinajstić information content (AvgIpc) is 2.92. The van der Waals surface area contributed by atoms with Gasteiger partial charge in [-0.05, 0) is 36.8 Å². The summed E-state index contributed by atoms with van der Waals surface area (Å²) in [6.45, 7) is 1.92. The monoisotopic (exact) mass is 269 g/mol. The van der Waals surface area contributed by atoms with Gasteiger partial charge in [-0.3, -0.25) is 0 Å². The first-order valence-corrected chi connectivity index (χ1v) is 6.09. The van der Waals surface area contributed by atoms with E-state index in [2.05, 4.69) is 10.1 Å². The van der Waals surface area contributed by atoms with Crippen molar-refractivity contribution < 1.29 is 8.91 Å². The molecule has 0 saturated heterocycles. The van der Waals surface area contributed by atoms with Crippen LogP contribution in [0.15, 0.2) is 47.0 Å². The van der Waals surface area contributed by atoms with Gasteiger partial charge >= 0.3 is 0 Å². The van der Waals surface area contributed by atoms with Crippen LogP contribution in [0.4, 0.5) is 10.1 Å². The molecule has 4 nitrogen and oxygen atoms in total. The van der Waals surface area contributed by atoms with Crippen LogP contribution in [0, 0.1) is 12.7 Å². The summed E-state index contributed by atoms with van der Waals surface area (Å²) in [5, 5.41) is 3.90. The normalized spacial score (nSPS) is 10.7. The van der Waals surface area contributed by atoms with E-state index in [0.29, 0.717) is 17.1 Å². The highest BCUT2D eigenvalue weighted by atomic mass is 19.1. The maximum atomic E-state index is 13.2. The van der Waals surface area contributed by atoms with Crippen LogP contribution in [-0.2, 0) is 0 Å². The molecule has 0 radical (unpaired) electrons. The third-order valence-electron chi connectivity index (χ3n) is 3.04. The minimum absolute atomic E-state index is 0.277. The lowest BCUT2D eigenvalue weighted by molar-refractivity contribution is 0.432. The van der Waals surface area contributed by atoms with Gasteiger partial charge in [-0.1, -0.05) is 23.4 Å². The third-order valence-corrected chi connectivity index (χ3v) is 3.04. The number of hydrogen-bond acceptors (Lipinski definition) is 4. The Bertz CT molecular complexity index is 767. The molecule has 3 aromatic rings. The molecule has 1 heterocycles. The maximum absolute atomic E-state index is 13.2. The van der Waals surface area contributed by atoms with Crippen LogP contribution in [0.25, 0.3) is 22.8 Å². The van der Waals surface area contributed by atoms with Crippen molar-refractivity contribution in [3.63, 3.8) is 0 Å². The van der Waals surface area contributed by atoms with Gasteiger partial charge in [-0.15, -0.1) is 0 Å². The second kappa shape index (κ2) is 4.77. The maximum Gasteiger partial charge on any atom is 0.258 e. The summed E-state index contributed by atoms with van der Waals surface area (Å²) in [6.07, 6.45) is 0. The van der Waals surface area contributed by atoms with Gasteiger partial charge in [0.2, 0.25) is 5.82 Å². The zero-order chi connectivity index (χ0) is 14.1. The highest BCUT2D eigenvalue weighted by Crippen LogP contribution is 2.24. The predicted octanol–water partition coefficient (Wildman–Crippen LogP) is 3.43. The van der Waals surface area contributed by atoms with Crippen LogP contribution in [0.2, 0.25) is 0 Å². The molecule has 0 atom stereocenters. The molecule has 2 aromatic carbocycles. The molecular formula is C15H12FN3O. The van der Waals surface area contributed by atoms with Crippen molar-refractivity contribution in [2.75, 3.05) is 5.73 Å². The molecule has 5 heteroatoms.